The fraction of sp³-hybridized carbons (Fsp3) is 0.0833. The van der Waals surface area contributed by atoms with Gasteiger partial charge in [0.05, 0.1) is 0 Å². The first-order valence-electron chi connectivity index (χ1n) is 9.43. The number of aromatic nitrogens is 1. The molecule has 1 aliphatic rings. The fourth-order valence-electron chi connectivity index (χ4n) is 3.52. The number of nitrogens with zero attached hydrogens (tertiary/aromatic N) is 1. The molecular weight excluding hydrogens is 385 g/mol. The van der Waals surface area contributed by atoms with Crippen LogP contribution in [0.4, 0.5) is 4.39 Å². The lowest BCUT2D eigenvalue weighted by molar-refractivity contribution is -0.146. The summed E-state index contributed by atoms with van der Waals surface area (Å²) in [6, 6.07) is 22.4. The van der Waals surface area contributed by atoms with E-state index in [1.54, 1.807) is 18.2 Å². The molecule has 0 saturated carbocycles. The molecule has 0 radical (unpaired) electrons. The fourth-order valence-corrected chi connectivity index (χ4v) is 3.52. The van der Waals surface area contributed by atoms with Gasteiger partial charge in [0.15, 0.2) is 5.76 Å². The maximum absolute atomic E-state index is 13.1. The van der Waals surface area contributed by atoms with Crippen molar-refractivity contribution in [2.75, 3.05) is 0 Å². The summed E-state index contributed by atoms with van der Waals surface area (Å²) < 4.78 is 29.9. The SMILES string of the molecule is O=C(OCc1cc(-c2ccc(F)cc2)on1)C1c2ccccc2Oc2ccccc21. The monoisotopic (exact) mass is 401 g/mol. The lowest BCUT2D eigenvalue weighted by Crippen LogP contribution is -2.21. The Morgan fingerprint density at radius 2 is 1.57 bits per heavy atom. The molecular formula is C24H16FNO4. The Hall–Kier alpha value is -3.93. The lowest BCUT2D eigenvalue weighted by Gasteiger charge is -2.26. The van der Waals surface area contributed by atoms with Gasteiger partial charge in [0.2, 0.25) is 0 Å². The second-order valence-electron chi connectivity index (χ2n) is 6.91. The van der Waals surface area contributed by atoms with Gasteiger partial charge in [-0.3, -0.25) is 4.79 Å². The minimum absolute atomic E-state index is 0.0365. The molecule has 0 saturated heterocycles. The highest BCUT2D eigenvalue weighted by atomic mass is 19.1. The molecule has 1 aliphatic heterocycles. The summed E-state index contributed by atoms with van der Waals surface area (Å²) in [5, 5.41) is 3.95. The zero-order chi connectivity index (χ0) is 20.5. The van der Waals surface area contributed by atoms with Crippen molar-refractivity contribution in [2.24, 2.45) is 0 Å². The van der Waals surface area contributed by atoms with Gasteiger partial charge < -0.3 is 14.0 Å². The van der Waals surface area contributed by atoms with Gasteiger partial charge in [-0.15, -0.1) is 0 Å². The van der Waals surface area contributed by atoms with Crippen molar-refractivity contribution >= 4 is 5.97 Å². The van der Waals surface area contributed by atoms with Crippen LogP contribution in [-0.2, 0) is 16.1 Å². The van der Waals surface area contributed by atoms with E-state index in [0.717, 1.165) is 11.1 Å². The summed E-state index contributed by atoms with van der Waals surface area (Å²) >= 11 is 0. The van der Waals surface area contributed by atoms with Crippen LogP contribution in [-0.4, -0.2) is 11.1 Å². The normalized spacial score (nSPS) is 12.6. The second kappa shape index (κ2) is 7.48. The molecule has 1 aromatic heterocycles. The first-order chi connectivity index (χ1) is 14.7. The topological polar surface area (TPSA) is 61.6 Å². The van der Waals surface area contributed by atoms with E-state index in [4.69, 9.17) is 14.0 Å². The summed E-state index contributed by atoms with van der Waals surface area (Å²) in [6.07, 6.45) is 0. The van der Waals surface area contributed by atoms with Crippen LogP contribution in [0.25, 0.3) is 11.3 Å². The molecule has 0 spiro atoms. The van der Waals surface area contributed by atoms with Crippen LogP contribution in [0.15, 0.2) is 83.4 Å². The Morgan fingerprint density at radius 3 is 2.23 bits per heavy atom. The van der Waals surface area contributed by atoms with E-state index in [9.17, 15) is 9.18 Å². The van der Waals surface area contributed by atoms with Gasteiger partial charge >= 0.3 is 5.97 Å². The maximum atomic E-state index is 13.1. The third-order valence-electron chi connectivity index (χ3n) is 4.97. The molecule has 0 unspecified atom stereocenters. The summed E-state index contributed by atoms with van der Waals surface area (Å²) in [6.45, 7) is -0.0365. The number of hydrogen-bond donors (Lipinski definition) is 0. The van der Waals surface area contributed by atoms with Crippen molar-refractivity contribution in [2.45, 2.75) is 12.5 Å². The Labute approximate surface area is 171 Å². The quantitative estimate of drug-likeness (QED) is 0.425. The van der Waals surface area contributed by atoms with E-state index in [0.29, 0.717) is 28.5 Å². The maximum Gasteiger partial charge on any atom is 0.318 e. The number of hydrogen-bond acceptors (Lipinski definition) is 5. The van der Waals surface area contributed by atoms with Crippen LogP contribution >= 0.6 is 0 Å². The number of benzene rings is 3. The summed E-state index contributed by atoms with van der Waals surface area (Å²) in [5.74, 6) is 0.433. The lowest BCUT2D eigenvalue weighted by atomic mass is 9.88. The van der Waals surface area contributed by atoms with Crippen LogP contribution < -0.4 is 4.74 Å². The van der Waals surface area contributed by atoms with Crippen LogP contribution in [0.5, 0.6) is 11.5 Å². The number of esters is 1. The molecule has 2 heterocycles. The van der Waals surface area contributed by atoms with Gasteiger partial charge in [-0.25, -0.2) is 4.39 Å². The van der Waals surface area contributed by atoms with E-state index in [1.807, 2.05) is 48.5 Å². The van der Waals surface area contributed by atoms with E-state index in [2.05, 4.69) is 5.16 Å². The molecule has 148 valence electrons. The molecule has 5 nitrogen and oxygen atoms in total. The smallest absolute Gasteiger partial charge is 0.318 e. The van der Waals surface area contributed by atoms with Crippen molar-refractivity contribution in [1.82, 2.24) is 5.16 Å². The summed E-state index contributed by atoms with van der Waals surface area (Å²) in [5.41, 5.74) is 2.67. The molecule has 3 aromatic carbocycles. The van der Waals surface area contributed by atoms with Crippen LogP contribution in [0.3, 0.4) is 0 Å². The van der Waals surface area contributed by atoms with E-state index in [-0.39, 0.29) is 12.4 Å². The largest absolute Gasteiger partial charge is 0.458 e. The molecule has 30 heavy (non-hydrogen) atoms. The van der Waals surface area contributed by atoms with Crippen LogP contribution in [0, 0.1) is 5.82 Å². The summed E-state index contributed by atoms with van der Waals surface area (Å²) in [7, 11) is 0. The van der Waals surface area contributed by atoms with Crippen LogP contribution in [0.1, 0.15) is 22.7 Å². The number of carbonyl (C=O) groups is 1. The standard InChI is InChI=1S/C24H16FNO4/c25-16-11-9-15(10-12-16)22-13-17(26-30-22)14-28-24(27)23-18-5-1-3-7-20(18)29-21-8-4-2-6-19(21)23/h1-13,23H,14H2. The number of para-hydroxylation sites is 2. The van der Waals surface area contributed by atoms with Gasteiger partial charge in [0, 0.05) is 22.8 Å². The first kappa shape index (κ1) is 18.1. The zero-order valence-electron chi connectivity index (χ0n) is 15.7. The van der Waals surface area contributed by atoms with Crippen molar-refractivity contribution in [1.29, 1.82) is 0 Å². The Bertz CT molecular complexity index is 1170. The van der Waals surface area contributed by atoms with E-state index < -0.39 is 11.9 Å². The van der Waals surface area contributed by atoms with Gasteiger partial charge in [0.25, 0.3) is 0 Å². The Kier molecular flexibility index (Phi) is 4.52. The van der Waals surface area contributed by atoms with Crippen LogP contribution in [0.2, 0.25) is 0 Å². The van der Waals surface area contributed by atoms with Gasteiger partial charge in [-0.2, -0.15) is 0 Å². The Balaban J connectivity index is 1.36. The highest BCUT2D eigenvalue weighted by molar-refractivity contribution is 5.85. The van der Waals surface area contributed by atoms with Gasteiger partial charge in [-0.1, -0.05) is 41.6 Å². The number of halogens is 1. The third-order valence-corrected chi connectivity index (χ3v) is 4.97. The molecule has 5 rings (SSSR count). The summed E-state index contributed by atoms with van der Waals surface area (Å²) in [4.78, 5) is 13.0. The molecule has 4 aromatic rings. The highest BCUT2D eigenvalue weighted by Crippen LogP contribution is 2.44. The van der Waals surface area contributed by atoms with Crippen molar-refractivity contribution in [3.05, 3.63) is 102 Å². The van der Waals surface area contributed by atoms with Crippen molar-refractivity contribution in [3.63, 3.8) is 0 Å². The number of ether oxygens (including phenoxy) is 2. The average Bonchev–Trinajstić information content (AvgIpc) is 3.25. The minimum atomic E-state index is -0.588. The van der Waals surface area contributed by atoms with Crippen molar-refractivity contribution in [3.8, 4) is 22.8 Å². The minimum Gasteiger partial charge on any atom is -0.458 e. The van der Waals surface area contributed by atoms with Crippen molar-refractivity contribution < 1.29 is 23.2 Å². The molecule has 6 heteroatoms. The highest BCUT2D eigenvalue weighted by Gasteiger charge is 2.33. The van der Waals surface area contributed by atoms with E-state index in [1.165, 1.54) is 12.1 Å². The number of fused-ring (bicyclic) bond motifs is 2. The molecule has 0 aliphatic carbocycles. The zero-order valence-corrected chi connectivity index (χ0v) is 15.7. The number of rotatable bonds is 4. The van der Waals surface area contributed by atoms with Gasteiger partial charge in [0.1, 0.15) is 35.5 Å². The second-order valence-corrected chi connectivity index (χ2v) is 6.91. The van der Waals surface area contributed by atoms with E-state index >= 15 is 0 Å². The predicted octanol–water partition coefficient (Wildman–Crippen LogP) is 5.46. The van der Waals surface area contributed by atoms with Gasteiger partial charge in [-0.05, 0) is 36.4 Å². The molecule has 0 N–H and O–H groups in total. The molecule has 0 amide bonds. The molecule has 0 fully saturated rings. The number of carbonyl (C=O) groups excluding carboxylic acids is 1. The first-order valence-corrected chi connectivity index (χ1v) is 9.43. The molecule has 0 bridgehead atoms. The average molecular weight is 401 g/mol. The molecule has 0 atom stereocenters. The third kappa shape index (κ3) is 3.33. The Morgan fingerprint density at radius 1 is 0.933 bits per heavy atom. The predicted molar refractivity (Wildman–Crippen MR) is 106 cm³/mol.